The summed E-state index contributed by atoms with van der Waals surface area (Å²) >= 11 is 1.36. The van der Waals surface area contributed by atoms with E-state index in [-0.39, 0.29) is 11.6 Å². The fourth-order valence-corrected chi connectivity index (χ4v) is 6.44. The van der Waals surface area contributed by atoms with Crippen LogP contribution in [0.5, 0.6) is 0 Å². The van der Waals surface area contributed by atoms with Crippen LogP contribution in [0.4, 0.5) is 11.4 Å². The van der Waals surface area contributed by atoms with Crippen molar-refractivity contribution >= 4 is 68.8 Å². The normalized spacial score (nSPS) is 12.0. The third-order valence-electron chi connectivity index (χ3n) is 8.12. The number of rotatable bonds is 10. The van der Waals surface area contributed by atoms with Gasteiger partial charge in [-0.2, -0.15) is 0 Å². The largest absolute Gasteiger partial charge is 0.436 e. The van der Waals surface area contributed by atoms with Crippen molar-refractivity contribution in [3.63, 3.8) is 0 Å². The number of hydrogen-bond donors (Lipinski definition) is 3. The van der Waals surface area contributed by atoms with Gasteiger partial charge in [-0.1, -0.05) is 78.9 Å². The summed E-state index contributed by atoms with van der Waals surface area (Å²) in [6.45, 7) is 1.82. The Bertz CT molecular complexity index is 2370. The minimum Gasteiger partial charge on any atom is -0.436 e. The molecular weight excluding hydrogens is 657 g/mol. The van der Waals surface area contributed by atoms with Gasteiger partial charge in [-0.25, -0.2) is 4.98 Å². The van der Waals surface area contributed by atoms with E-state index in [2.05, 4.69) is 20.9 Å². The summed E-state index contributed by atoms with van der Waals surface area (Å²) in [7, 11) is 0. The van der Waals surface area contributed by atoms with Crippen LogP contribution in [0.1, 0.15) is 22.8 Å². The molecule has 250 valence electrons. The van der Waals surface area contributed by atoms with E-state index < -0.39 is 17.1 Å². The van der Waals surface area contributed by atoms with E-state index in [0.717, 1.165) is 32.3 Å². The zero-order valence-electron chi connectivity index (χ0n) is 27.5. The van der Waals surface area contributed by atoms with Crippen molar-refractivity contribution in [1.29, 1.82) is 0 Å². The summed E-state index contributed by atoms with van der Waals surface area (Å²) in [5.41, 5.74) is 4.78. The van der Waals surface area contributed by atoms with Crippen LogP contribution < -0.4 is 16.0 Å². The Hall–Kier alpha value is -6.45. The number of benzene rings is 6. The van der Waals surface area contributed by atoms with Gasteiger partial charge in [-0.3, -0.25) is 14.4 Å². The lowest BCUT2D eigenvalue weighted by atomic mass is 10.0. The smallest absolute Gasteiger partial charge is 0.272 e. The fourth-order valence-electron chi connectivity index (χ4n) is 5.51. The van der Waals surface area contributed by atoms with Crippen LogP contribution >= 0.6 is 11.8 Å². The lowest BCUT2D eigenvalue weighted by Gasteiger charge is -2.14. The third kappa shape index (κ3) is 7.90. The van der Waals surface area contributed by atoms with Gasteiger partial charge in [0.1, 0.15) is 11.2 Å². The average Bonchev–Trinajstić information content (AvgIpc) is 3.60. The molecule has 6 aromatic carbocycles. The first-order chi connectivity index (χ1) is 24.9. The lowest BCUT2D eigenvalue weighted by Crippen LogP contribution is -2.30. The Morgan fingerprint density at radius 2 is 1.45 bits per heavy atom. The van der Waals surface area contributed by atoms with Gasteiger partial charge in [0.2, 0.25) is 11.8 Å². The second kappa shape index (κ2) is 15.0. The van der Waals surface area contributed by atoms with Crippen molar-refractivity contribution in [1.82, 2.24) is 10.3 Å². The van der Waals surface area contributed by atoms with Crippen LogP contribution in [0.15, 0.2) is 161 Å². The van der Waals surface area contributed by atoms with Crippen molar-refractivity contribution in [3.8, 4) is 11.5 Å². The number of anilines is 2. The number of carbonyl (C=O) groups excluding carboxylic acids is 3. The van der Waals surface area contributed by atoms with Crippen molar-refractivity contribution < 1.29 is 18.8 Å². The van der Waals surface area contributed by atoms with Crippen LogP contribution in [0.3, 0.4) is 0 Å². The van der Waals surface area contributed by atoms with E-state index in [1.54, 1.807) is 42.5 Å². The first-order valence-corrected chi connectivity index (χ1v) is 17.2. The molecule has 7 rings (SSSR count). The number of carbonyl (C=O) groups is 3. The Labute approximate surface area is 298 Å². The molecule has 1 unspecified atom stereocenters. The number of amides is 3. The van der Waals surface area contributed by atoms with Crippen molar-refractivity contribution in [2.45, 2.75) is 17.1 Å². The Kier molecular flexibility index (Phi) is 9.71. The highest BCUT2D eigenvalue weighted by Crippen LogP contribution is 2.29. The van der Waals surface area contributed by atoms with Crippen LogP contribution in [0.25, 0.3) is 39.4 Å². The summed E-state index contributed by atoms with van der Waals surface area (Å²) in [6, 6.07) is 44.6. The first-order valence-electron chi connectivity index (χ1n) is 16.3. The van der Waals surface area contributed by atoms with E-state index in [1.165, 1.54) is 11.8 Å². The molecule has 7 aromatic rings. The third-order valence-corrected chi connectivity index (χ3v) is 9.21. The SMILES string of the molecule is CC(Sc1cccc(NC(=O)/C(=C\c2cccc3ccccc23)NC(=O)c2ccccc2)c1)C(=O)Nc1ccc(-c2nc3ccccc3o2)cc1. The number of para-hydroxylation sites is 2. The highest BCUT2D eigenvalue weighted by Gasteiger charge is 2.18. The van der Waals surface area contributed by atoms with Gasteiger partial charge in [-0.05, 0) is 96.1 Å². The predicted octanol–water partition coefficient (Wildman–Crippen LogP) is 9.18. The molecule has 0 saturated carbocycles. The predicted molar refractivity (Wildman–Crippen MR) is 204 cm³/mol. The van der Waals surface area contributed by atoms with E-state index in [1.807, 2.05) is 116 Å². The van der Waals surface area contributed by atoms with Crippen molar-refractivity contribution in [2.75, 3.05) is 10.6 Å². The molecule has 9 heteroatoms. The Balaban J connectivity index is 1.03. The molecule has 0 spiro atoms. The molecule has 1 atom stereocenters. The summed E-state index contributed by atoms with van der Waals surface area (Å²) in [5.74, 6) is -0.545. The standard InChI is InChI=1S/C42H32N4O4S/c1-27(39(47)43-32-23-21-30(22-24-32)42-46-36-19-7-8-20-38(36)50-42)51-34-17-10-16-33(26-34)44-41(49)37(45-40(48)29-12-3-2-4-13-29)25-31-15-9-14-28-11-5-6-18-35(28)31/h2-27H,1H3,(H,43,47)(H,44,49)(H,45,48)/b37-25+. The molecule has 1 heterocycles. The van der Waals surface area contributed by atoms with Gasteiger partial charge in [0, 0.05) is 27.4 Å². The minimum absolute atomic E-state index is 0.0909. The molecule has 0 radical (unpaired) electrons. The molecular formula is C42H32N4O4S. The molecule has 0 fully saturated rings. The maximum absolute atomic E-state index is 13.7. The number of aromatic nitrogens is 1. The van der Waals surface area contributed by atoms with Crippen LogP contribution in [0, 0.1) is 0 Å². The number of nitrogens with zero attached hydrogens (tertiary/aromatic N) is 1. The molecule has 8 nitrogen and oxygen atoms in total. The van der Waals surface area contributed by atoms with Gasteiger partial charge >= 0.3 is 0 Å². The van der Waals surface area contributed by atoms with E-state index in [4.69, 9.17) is 4.42 Å². The average molecular weight is 689 g/mol. The van der Waals surface area contributed by atoms with Gasteiger partial charge in [0.25, 0.3) is 11.8 Å². The second-order valence-electron chi connectivity index (χ2n) is 11.7. The van der Waals surface area contributed by atoms with E-state index in [9.17, 15) is 14.4 Å². The summed E-state index contributed by atoms with van der Waals surface area (Å²) in [5, 5.41) is 10.2. The van der Waals surface area contributed by atoms with Crippen LogP contribution in [-0.2, 0) is 9.59 Å². The maximum Gasteiger partial charge on any atom is 0.272 e. The number of oxazole rings is 1. The first kappa shape index (κ1) is 33.1. The number of hydrogen-bond acceptors (Lipinski definition) is 6. The maximum atomic E-state index is 13.7. The summed E-state index contributed by atoms with van der Waals surface area (Å²) in [6.07, 6.45) is 1.68. The monoisotopic (exact) mass is 688 g/mol. The van der Waals surface area contributed by atoms with Crippen molar-refractivity contribution in [2.24, 2.45) is 0 Å². The van der Waals surface area contributed by atoms with Gasteiger partial charge in [0.05, 0.1) is 5.25 Å². The number of thioether (sulfide) groups is 1. The molecule has 0 aliphatic carbocycles. The zero-order chi connectivity index (χ0) is 35.2. The molecule has 3 amide bonds. The number of fused-ring (bicyclic) bond motifs is 2. The molecule has 0 bridgehead atoms. The Morgan fingerprint density at radius 1 is 0.725 bits per heavy atom. The van der Waals surface area contributed by atoms with Crippen LogP contribution in [0.2, 0.25) is 0 Å². The van der Waals surface area contributed by atoms with Crippen molar-refractivity contribution in [3.05, 3.63) is 162 Å². The van der Waals surface area contributed by atoms with Crippen LogP contribution in [-0.4, -0.2) is 28.0 Å². The second-order valence-corrected chi connectivity index (χ2v) is 13.2. The number of nitrogens with one attached hydrogen (secondary N) is 3. The minimum atomic E-state index is -0.485. The molecule has 0 aliphatic rings. The highest BCUT2D eigenvalue weighted by molar-refractivity contribution is 8.00. The molecule has 51 heavy (non-hydrogen) atoms. The zero-order valence-corrected chi connectivity index (χ0v) is 28.3. The van der Waals surface area contributed by atoms with Gasteiger partial charge in [-0.15, -0.1) is 11.8 Å². The summed E-state index contributed by atoms with van der Waals surface area (Å²) in [4.78, 5) is 45.4. The lowest BCUT2D eigenvalue weighted by molar-refractivity contribution is -0.115. The fraction of sp³-hybridized carbons (Fsp3) is 0.0476. The molecule has 0 saturated heterocycles. The van der Waals surface area contributed by atoms with Gasteiger partial charge < -0.3 is 20.4 Å². The highest BCUT2D eigenvalue weighted by atomic mass is 32.2. The van der Waals surface area contributed by atoms with E-state index in [0.29, 0.717) is 28.4 Å². The molecule has 0 aliphatic heterocycles. The van der Waals surface area contributed by atoms with E-state index >= 15 is 0 Å². The summed E-state index contributed by atoms with van der Waals surface area (Å²) < 4.78 is 5.85. The topological polar surface area (TPSA) is 113 Å². The van der Waals surface area contributed by atoms with Gasteiger partial charge in [0.15, 0.2) is 5.58 Å². The quantitative estimate of drug-likeness (QED) is 0.0976. The Morgan fingerprint density at radius 3 is 2.27 bits per heavy atom. The molecule has 1 aromatic heterocycles. The molecule has 3 N–H and O–H groups in total.